The highest BCUT2D eigenvalue weighted by Gasteiger charge is 2.26. The Morgan fingerprint density at radius 3 is 2.32 bits per heavy atom. The van der Waals surface area contributed by atoms with Crippen LogP contribution in [0.5, 0.6) is 0 Å². The summed E-state index contributed by atoms with van der Waals surface area (Å²) in [6.45, 7) is 12.9. The number of hydrogen-bond donors (Lipinski definition) is 1. The van der Waals surface area contributed by atoms with E-state index in [0.29, 0.717) is 25.3 Å². The smallest absolute Gasteiger partial charge is 0.407 e. The predicted molar refractivity (Wildman–Crippen MR) is 121 cm³/mol. The van der Waals surface area contributed by atoms with Gasteiger partial charge in [-0.15, -0.1) is 0 Å². The van der Waals surface area contributed by atoms with Crippen LogP contribution in [0.3, 0.4) is 0 Å². The van der Waals surface area contributed by atoms with Crippen LogP contribution in [0.25, 0.3) is 0 Å². The number of pyridine rings is 1. The fourth-order valence-corrected chi connectivity index (χ4v) is 3.87. The normalized spacial score (nSPS) is 14.4. The van der Waals surface area contributed by atoms with Crippen LogP contribution in [0.2, 0.25) is 0 Å². The molecule has 1 aliphatic rings. The fraction of sp³-hybridized carbons (Fsp3) is 0.458. The topological polar surface area (TPSA) is 74.8 Å². The molecule has 7 heteroatoms. The Labute approximate surface area is 184 Å². The average molecular weight is 425 g/mol. The number of nitrogens with zero attached hydrogens (tertiary/aromatic N) is 3. The molecule has 0 radical (unpaired) electrons. The van der Waals surface area contributed by atoms with E-state index in [1.165, 1.54) is 0 Å². The van der Waals surface area contributed by atoms with Gasteiger partial charge in [0.15, 0.2) is 0 Å². The Hall–Kier alpha value is -3.09. The van der Waals surface area contributed by atoms with Gasteiger partial charge >= 0.3 is 6.09 Å². The molecule has 2 aromatic rings. The van der Waals surface area contributed by atoms with Crippen molar-refractivity contribution in [3.05, 3.63) is 58.8 Å². The third-order valence-corrected chi connectivity index (χ3v) is 5.60. The molecule has 1 fully saturated rings. The van der Waals surface area contributed by atoms with Crippen LogP contribution in [0, 0.1) is 13.8 Å². The van der Waals surface area contributed by atoms with E-state index in [0.717, 1.165) is 35.6 Å². The zero-order valence-electron chi connectivity index (χ0n) is 19.1. The highest BCUT2D eigenvalue weighted by molar-refractivity contribution is 5.94. The van der Waals surface area contributed by atoms with Gasteiger partial charge in [-0.1, -0.05) is 18.2 Å². The zero-order valence-corrected chi connectivity index (χ0v) is 19.1. The summed E-state index contributed by atoms with van der Waals surface area (Å²) >= 11 is 0. The first-order chi connectivity index (χ1) is 14.7. The van der Waals surface area contributed by atoms with E-state index < -0.39 is 11.6 Å². The number of benzene rings is 1. The average Bonchev–Trinajstić information content (AvgIpc) is 2.73. The van der Waals surface area contributed by atoms with Crippen molar-refractivity contribution >= 4 is 17.8 Å². The van der Waals surface area contributed by atoms with Gasteiger partial charge < -0.3 is 19.9 Å². The molecule has 0 bridgehead atoms. The first kappa shape index (κ1) is 22.6. The minimum atomic E-state index is -0.599. The van der Waals surface area contributed by atoms with Gasteiger partial charge in [-0.05, 0) is 63.4 Å². The number of carbonyl (C=O) groups excluding carboxylic acids is 2. The molecule has 1 N–H and O–H groups in total. The number of nitrogens with one attached hydrogen (secondary N) is 1. The molecule has 0 unspecified atom stereocenters. The summed E-state index contributed by atoms with van der Waals surface area (Å²) < 4.78 is 4.98. The zero-order chi connectivity index (χ0) is 22.6. The monoisotopic (exact) mass is 424 g/mol. The van der Waals surface area contributed by atoms with Gasteiger partial charge in [0.05, 0.1) is 12.1 Å². The molecule has 1 saturated heterocycles. The van der Waals surface area contributed by atoms with Crippen molar-refractivity contribution in [1.82, 2.24) is 15.2 Å². The predicted octanol–water partition coefficient (Wildman–Crippen LogP) is 3.64. The Kier molecular flexibility index (Phi) is 6.83. The first-order valence-electron chi connectivity index (χ1n) is 10.7. The molecule has 3 rings (SSSR count). The second kappa shape index (κ2) is 9.37. The molecule has 2 amide bonds. The number of amides is 2. The van der Waals surface area contributed by atoms with Gasteiger partial charge in [0, 0.05) is 37.9 Å². The number of piperazine rings is 1. The molecule has 166 valence electrons. The number of rotatable bonds is 5. The molecule has 1 aliphatic heterocycles. The lowest BCUT2D eigenvalue weighted by molar-refractivity contribution is 0.0746. The Balaban J connectivity index is 1.61. The number of alkyl carbamates (subject to hydrolysis) is 1. The number of aromatic nitrogens is 1. The largest absolute Gasteiger partial charge is 0.450 e. The van der Waals surface area contributed by atoms with E-state index in [2.05, 4.69) is 28.2 Å². The van der Waals surface area contributed by atoms with Crippen molar-refractivity contribution in [3.63, 3.8) is 0 Å². The van der Waals surface area contributed by atoms with Gasteiger partial charge in [0.2, 0.25) is 0 Å². The summed E-state index contributed by atoms with van der Waals surface area (Å²) in [6.07, 6.45) is 1.43. The number of ether oxygens (including phenoxy) is 1. The first-order valence-corrected chi connectivity index (χ1v) is 10.7. The van der Waals surface area contributed by atoms with E-state index in [1.807, 2.05) is 56.1 Å². The molecule has 7 nitrogen and oxygen atoms in total. The van der Waals surface area contributed by atoms with Crippen LogP contribution in [-0.4, -0.2) is 54.7 Å². The van der Waals surface area contributed by atoms with Crippen molar-refractivity contribution in [1.29, 1.82) is 0 Å². The van der Waals surface area contributed by atoms with Crippen molar-refractivity contribution < 1.29 is 14.3 Å². The van der Waals surface area contributed by atoms with Crippen LogP contribution in [0.1, 0.15) is 47.8 Å². The van der Waals surface area contributed by atoms with Crippen molar-refractivity contribution in [2.45, 2.75) is 40.2 Å². The summed E-state index contributed by atoms with van der Waals surface area (Å²) in [5.41, 5.74) is 3.27. The number of aryl methyl sites for hydroxylation is 2. The van der Waals surface area contributed by atoms with Gasteiger partial charge in [0.1, 0.15) is 5.82 Å². The van der Waals surface area contributed by atoms with Gasteiger partial charge in [-0.2, -0.15) is 0 Å². The van der Waals surface area contributed by atoms with E-state index in [4.69, 9.17) is 4.74 Å². The number of carbonyl (C=O) groups is 2. The van der Waals surface area contributed by atoms with Gasteiger partial charge in [-0.3, -0.25) is 4.79 Å². The molecule has 0 saturated carbocycles. The van der Waals surface area contributed by atoms with Crippen LogP contribution < -0.4 is 10.2 Å². The molecule has 0 atom stereocenters. The highest BCUT2D eigenvalue weighted by atomic mass is 16.5. The minimum absolute atomic E-state index is 0.0240. The number of anilines is 1. The lowest BCUT2D eigenvalue weighted by Gasteiger charge is -2.36. The molecule has 1 aromatic heterocycles. The van der Waals surface area contributed by atoms with E-state index in [9.17, 15) is 9.59 Å². The van der Waals surface area contributed by atoms with Crippen molar-refractivity contribution in [2.75, 3.05) is 37.7 Å². The minimum Gasteiger partial charge on any atom is -0.450 e. The molecule has 31 heavy (non-hydrogen) atoms. The van der Waals surface area contributed by atoms with E-state index in [1.54, 1.807) is 6.92 Å². The Morgan fingerprint density at radius 1 is 1.10 bits per heavy atom. The summed E-state index contributed by atoms with van der Waals surface area (Å²) in [7, 11) is 0. The maximum Gasteiger partial charge on any atom is 0.407 e. The summed E-state index contributed by atoms with van der Waals surface area (Å²) in [5, 5.41) is 2.85. The third-order valence-electron chi connectivity index (χ3n) is 5.60. The second-order valence-corrected chi connectivity index (χ2v) is 8.48. The van der Waals surface area contributed by atoms with Crippen LogP contribution in [-0.2, 0) is 10.3 Å². The van der Waals surface area contributed by atoms with Crippen molar-refractivity contribution in [3.8, 4) is 0 Å². The van der Waals surface area contributed by atoms with Gasteiger partial charge in [0.25, 0.3) is 5.91 Å². The van der Waals surface area contributed by atoms with Crippen LogP contribution in [0.4, 0.5) is 10.6 Å². The van der Waals surface area contributed by atoms with E-state index in [-0.39, 0.29) is 5.91 Å². The quantitative estimate of drug-likeness (QED) is 0.793. The fourth-order valence-electron chi connectivity index (χ4n) is 3.87. The molecular weight excluding hydrogens is 392 g/mol. The third kappa shape index (κ3) is 5.34. The van der Waals surface area contributed by atoms with E-state index >= 15 is 0 Å². The van der Waals surface area contributed by atoms with Crippen LogP contribution in [0.15, 0.2) is 36.5 Å². The second-order valence-electron chi connectivity index (χ2n) is 8.48. The SMILES string of the molecule is CCOC(=O)NC(C)(C)c1ccc(C(=O)N2CCN(c3ncc(C)cc3C)CC2)cc1. The molecule has 0 spiro atoms. The van der Waals surface area contributed by atoms with Crippen molar-refractivity contribution in [2.24, 2.45) is 0 Å². The molecular formula is C24H32N4O3. The summed E-state index contributed by atoms with van der Waals surface area (Å²) in [5.74, 6) is 1.02. The molecule has 2 heterocycles. The lowest BCUT2D eigenvalue weighted by Crippen LogP contribution is -2.49. The maximum atomic E-state index is 13.0. The molecule has 0 aliphatic carbocycles. The molecule has 1 aromatic carbocycles. The van der Waals surface area contributed by atoms with Gasteiger partial charge in [-0.25, -0.2) is 9.78 Å². The Morgan fingerprint density at radius 2 is 1.74 bits per heavy atom. The number of hydrogen-bond acceptors (Lipinski definition) is 5. The lowest BCUT2D eigenvalue weighted by atomic mass is 9.93. The Bertz CT molecular complexity index is 932. The maximum absolute atomic E-state index is 13.0. The standard InChI is InChI=1S/C24H32N4O3/c1-6-31-23(30)26-24(4,5)20-9-7-19(8-10-20)22(29)28-13-11-27(12-14-28)21-18(3)15-17(2)16-25-21/h7-10,15-16H,6,11-14H2,1-5H3,(H,26,30). The summed E-state index contributed by atoms with van der Waals surface area (Å²) in [4.78, 5) is 33.5. The summed E-state index contributed by atoms with van der Waals surface area (Å²) in [6, 6.07) is 9.55. The van der Waals surface area contributed by atoms with Crippen LogP contribution >= 0.6 is 0 Å². The highest BCUT2D eigenvalue weighted by Crippen LogP contribution is 2.23.